The van der Waals surface area contributed by atoms with E-state index in [0.29, 0.717) is 12.5 Å². The lowest BCUT2D eigenvalue weighted by molar-refractivity contribution is 0.376. The maximum atomic E-state index is 11.0. The fourth-order valence-electron chi connectivity index (χ4n) is 1.39. The highest BCUT2D eigenvalue weighted by atomic mass is 32.2. The fraction of sp³-hybridized carbons (Fsp3) is 0.750. The average Bonchev–Trinajstić information content (AvgIpc) is 2.17. The predicted molar refractivity (Wildman–Crippen MR) is 52.7 cm³/mol. The Bertz CT molecular complexity index is 255. The maximum Gasteiger partial charge on any atom is 0.233 e. The minimum absolute atomic E-state index is 0.420. The van der Waals surface area contributed by atoms with Crippen molar-refractivity contribution in [3.8, 4) is 0 Å². The minimum atomic E-state index is -3.23. The quantitative estimate of drug-likeness (QED) is 0.680. The third-order valence-corrected chi connectivity index (χ3v) is 3.20. The first-order valence-electron chi connectivity index (χ1n) is 4.47. The van der Waals surface area contributed by atoms with E-state index in [9.17, 15) is 8.42 Å². The molecule has 0 bridgehead atoms. The monoisotopic (exact) mass is 204 g/mol. The molecule has 0 unspecified atom stereocenters. The van der Waals surface area contributed by atoms with Gasteiger partial charge in [-0.05, 0) is 31.8 Å². The molecule has 1 fully saturated rings. The number of rotatable bonds is 4. The van der Waals surface area contributed by atoms with Gasteiger partial charge in [-0.2, -0.15) is 0 Å². The first-order chi connectivity index (χ1) is 6.14. The summed E-state index contributed by atoms with van der Waals surface area (Å²) < 4.78 is 24.5. The summed E-state index contributed by atoms with van der Waals surface area (Å²) in [5.74, 6) is 0.420. The Morgan fingerprint density at radius 1 is 1.62 bits per heavy atom. The summed E-state index contributed by atoms with van der Waals surface area (Å²) >= 11 is 0. The molecule has 1 aliphatic heterocycles. The van der Waals surface area contributed by atoms with Gasteiger partial charge in [0.05, 0.1) is 0 Å². The third-order valence-electron chi connectivity index (χ3n) is 2.19. The highest BCUT2D eigenvalue weighted by Crippen LogP contribution is 2.08. The molecule has 1 saturated heterocycles. The molecule has 13 heavy (non-hydrogen) atoms. The second-order valence-corrected chi connectivity index (χ2v) is 4.98. The molecule has 1 aliphatic rings. The van der Waals surface area contributed by atoms with Crippen LogP contribution in [0.25, 0.3) is 0 Å². The van der Waals surface area contributed by atoms with Crippen molar-refractivity contribution in [2.24, 2.45) is 5.92 Å². The number of hydrogen-bond donors (Lipinski definition) is 2. The van der Waals surface area contributed by atoms with Gasteiger partial charge in [-0.3, -0.25) is 0 Å². The van der Waals surface area contributed by atoms with Gasteiger partial charge >= 0.3 is 0 Å². The van der Waals surface area contributed by atoms with E-state index in [-0.39, 0.29) is 0 Å². The maximum absolute atomic E-state index is 11.0. The number of sulfonamides is 1. The summed E-state index contributed by atoms with van der Waals surface area (Å²) in [7, 11) is -3.23. The molecule has 76 valence electrons. The minimum Gasteiger partial charge on any atom is -0.316 e. The van der Waals surface area contributed by atoms with Crippen molar-refractivity contribution in [1.82, 2.24) is 10.0 Å². The van der Waals surface area contributed by atoms with Crippen LogP contribution in [0.1, 0.15) is 12.8 Å². The molecule has 1 heterocycles. The second kappa shape index (κ2) is 4.74. The molecule has 0 aliphatic carbocycles. The summed E-state index contributed by atoms with van der Waals surface area (Å²) in [5.41, 5.74) is 0. The van der Waals surface area contributed by atoms with Gasteiger partial charge < -0.3 is 5.32 Å². The smallest absolute Gasteiger partial charge is 0.233 e. The Balaban J connectivity index is 2.29. The lowest BCUT2D eigenvalue weighted by atomic mass is 10.0. The Morgan fingerprint density at radius 2 is 2.38 bits per heavy atom. The predicted octanol–water partition coefficient (Wildman–Crippen LogP) is 0.0489. The van der Waals surface area contributed by atoms with E-state index in [1.165, 1.54) is 0 Å². The first-order valence-corrected chi connectivity index (χ1v) is 6.01. The lowest BCUT2D eigenvalue weighted by Gasteiger charge is -2.22. The number of hydrogen-bond acceptors (Lipinski definition) is 3. The Hall–Kier alpha value is -0.390. The SMILES string of the molecule is C=CS(=O)(=O)NC[C@H]1CCCNC1. The van der Waals surface area contributed by atoms with Crippen LogP contribution < -0.4 is 10.0 Å². The molecule has 0 aromatic carbocycles. The van der Waals surface area contributed by atoms with Gasteiger partial charge in [-0.15, -0.1) is 0 Å². The van der Waals surface area contributed by atoms with Crippen molar-refractivity contribution >= 4 is 10.0 Å². The molecule has 1 atom stereocenters. The molecule has 5 heteroatoms. The highest BCUT2D eigenvalue weighted by molar-refractivity contribution is 7.92. The van der Waals surface area contributed by atoms with Gasteiger partial charge in [0.15, 0.2) is 0 Å². The van der Waals surface area contributed by atoms with E-state index in [0.717, 1.165) is 31.3 Å². The van der Waals surface area contributed by atoms with Crippen LogP contribution in [0.4, 0.5) is 0 Å². The van der Waals surface area contributed by atoms with Crippen LogP contribution in [0.2, 0.25) is 0 Å². The summed E-state index contributed by atoms with van der Waals surface area (Å²) in [6.07, 6.45) is 2.22. The van der Waals surface area contributed by atoms with Crippen molar-refractivity contribution in [2.75, 3.05) is 19.6 Å². The molecule has 0 saturated carbocycles. The zero-order valence-electron chi connectivity index (χ0n) is 7.62. The van der Waals surface area contributed by atoms with Gasteiger partial charge in [0.25, 0.3) is 0 Å². The lowest BCUT2D eigenvalue weighted by Crippen LogP contribution is -2.37. The number of nitrogens with one attached hydrogen (secondary N) is 2. The zero-order chi connectivity index (χ0) is 9.73. The van der Waals surface area contributed by atoms with E-state index in [1.807, 2.05) is 0 Å². The molecule has 0 aromatic heterocycles. The summed E-state index contributed by atoms with van der Waals surface area (Å²) in [4.78, 5) is 0. The van der Waals surface area contributed by atoms with Crippen molar-refractivity contribution in [3.05, 3.63) is 12.0 Å². The van der Waals surface area contributed by atoms with E-state index in [2.05, 4.69) is 16.6 Å². The van der Waals surface area contributed by atoms with Gasteiger partial charge in [-0.1, -0.05) is 6.58 Å². The van der Waals surface area contributed by atoms with Gasteiger partial charge in [0.1, 0.15) is 0 Å². The van der Waals surface area contributed by atoms with Crippen LogP contribution in [0, 0.1) is 5.92 Å². The molecule has 2 N–H and O–H groups in total. The van der Waals surface area contributed by atoms with E-state index in [1.54, 1.807) is 0 Å². The van der Waals surface area contributed by atoms with Gasteiger partial charge in [0.2, 0.25) is 10.0 Å². The first kappa shape index (κ1) is 10.7. The van der Waals surface area contributed by atoms with Crippen LogP contribution in [-0.2, 0) is 10.0 Å². The topological polar surface area (TPSA) is 58.2 Å². The molecule has 0 aromatic rings. The standard InChI is InChI=1S/C8H16N2O2S/c1-2-13(11,12)10-7-8-4-3-5-9-6-8/h2,8-10H,1,3-7H2/t8-/m0/s1. The van der Waals surface area contributed by atoms with E-state index >= 15 is 0 Å². The summed E-state index contributed by atoms with van der Waals surface area (Å²) in [6, 6.07) is 0. The normalized spacial score (nSPS) is 24.2. The zero-order valence-corrected chi connectivity index (χ0v) is 8.44. The molecule has 4 nitrogen and oxygen atoms in total. The van der Waals surface area contributed by atoms with Gasteiger partial charge in [-0.25, -0.2) is 13.1 Å². The van der Waals surface area contributed by atoms with Crippen molar-refractivity contribution in [3.63, 3.8) is 0 Å². The Labute approximate surface area is 79.5 Å². The molecule has 1 rings (SSSR count). The van der Waals surface area contributed by atoms with Crippen LogP contribution in [0.5, 0.6) is 0 Å². The van der Waals surface area contributed by atoms with Crippen LogP contribution in [-0.4, -0.2) is 28.1 Å². The van der Waals surface area contributed by atoms with Crippen LogP contribution in [0.15, 0.2) is 12.0 Å². The molecular formula is C8H16N2O2S. The van der Waals surface area contributed by atoms with Crippen molar-refractivity contribution in [2.45, 2.75) is 12.8 Å². The Kier molecular flexibility index (Phi) is 3.90. The molecule has 0 amide bonds. The summed E-state index contributed by atoms with van der Waals surface area (Å²) in [6.45, 7) is 5.69. The van der Waals surface area contributed by atoms with E-state index in [4.69, 9.17) is 0 Å². The highest BCUT2D eigenvalue weighted by Gasteiger charge is 2.14. The van der Waals surface area contributed by atoms with Gasteiger partial charge in [0, 0.05) is 12.0 Å². The number of piperidine rings is 1. The van der Waals surface area contributed by atoms with Crippen LogP contribution in [0.3, 0.4) is 0 Å². The second-order valence-electron chi connectivity index (χ2n) is 3.27. The van der Waals surface area contributed by atoms with Crippen LogP contribution >= 0.6 is 0 Å². The van der Waals surface area contributed by atoms with E-state index < -0.39 is 10.0 Å². The third kappa shape index (κ3) is 3.89. The molecular weight excluding hydrogens is 188 g/mol. The molecule has 0 spiro atoms. The van der Waals surface area contributed by atoms with Crippen molar-refractivity contribution < 1.29 is 8.42 Å². The largest absolute Gasteiger partial charge is 0.316 e. The fourth-order valence-corrected chi connectivity index (χ4v) is 1.98. The van der Waals surface area contributed by atoms with Crippen molar-refractivity contribution in [1.29, 1.82) is 0 Å². The molecule has 0 radical (unpaired) electrons. The Morgan fingerprint density at radius 3 is 2.92 bits per heavy atom. The average molecular weight is 204 g/mol. The summed E-state index contributed by atoms with van der Waals surface area (Å²) in [5, 5.41) is 4.18.